The summed E-state index contributed by atoms with van der Waals surface area (Å²) in [5.41, 5.74) is 2.20. The van der Waals surface area contributed by atoms with Crippen LogP contribution in [0.5, 0.6) is 0 Å². The van der Waals surface area contributed by atoms with Crippen molar-refractivity contribution in [1.29, 1.82) is 0 Å². The van der Waals surface area contributed by atoms with Crippen molar-refractivity contribution in [1.82, 2.24) is 5.16 Å². The molecule has 4 heteroatoms. The molecule has 0 N–H and O–H groups in total. The third-order valence-electron chi connectivity index (χ3n) is 2.14. The summed E-state index contributed by atoms with van der Waals surface area (Å²) in [6.07, 6.45) is 0. The van der Waals surface area contributed by atoms with Crippen LogP contribution < -0.4 is 0 Å². The fraction of sp³-hybridized carbons (Fsp3) is 0.182. The third kappa shape index (κ3) is 2.09. The van der Waals surface area contributed by atoms with E-state index in [2.05, 4.69) is 21.1 Å². The molecule has 0 saturated heterocycles. The van der Waals surface area contributed by atoms with Crippen molar-refractivity contribution in [2.75, 3.05) is 0 Å². The molecule has 78 valence electrons. The summed E-state index contributed by atoms with van der Waals surface area (Å²) in [7, 11) is 0. The van der Waals surface area contributed by atoms with Gasteiger partial charge in [0, 0.05) is 11.6 Å². The molecule has 1 aromatic carbocycles. The van der Waals surface area contributed by atoms with Gasteiger partial charge in [0.15, 0.2) is 0 Å². The highest BCUT2D eigenvalue weighted by Gasteiger charge is 2.07. The zero-order valence-corrected chi connectivity index (χ0v) is 9.71. The maximum absolute atomic E-state index is 13.0. The lowest BCUT2D eigenvalue weighted by atomic mass is 10.1. The second-order valence-corrected chi connectivity index (χ2v) is 3.84. The molecular formula is C11H9BrFNO. The molecule has 2 aromatic rings. The molecule has 0 unspecified atom stereocenters. The van der Waals surface area contributed by atoms with Crippen LogP contribution in [0.15, 0.2) is 28.8 Å². The molecule has 0 saturated carbocycles. The van der Waals surface area contributed by atoms with Gasteiger partial charge in [-0.15, -0.1) is 0 Å². The van der Waals surface area contributed by atoms with Crippen LogP contribution in [0.1, 0.15) is 11.3 Å². The van der Waals surface area contributed by atoms with Crippen LogP contribution in [-0.2, 0) is 5.33 Å². The molecule has 15 heavy (non-hydrogen) atoms. The Kier molecular flexibility index (Phi) is 2.86. The summed E-state index contributed by atoms with van der Waals surface area (Å²) in [6.45, 7) is 1.73. The Balaban J connectivity index is 2.40. The van der Waals surface area contributed by atoms with Crippen LogP contribution in [0.2, 0.25) is 0 Å². The Morgan fingerprint density at radius 2 is 2.20 bits per heavy atom. The minimum atomic E-state index is -0.206. The maximum atomic E-state index is 13.0. The van der Waals surface area contributed by atoms with E-state index < -0.39 is 0 Å². The van der Waals surface area contributed by atoms with E-state index in [0.717, 1.165) is 17.0 Å². The number of rotatable bonds is 2. The number of hydrogen-bond acceptors (Lipinski definition) is 2. The van der Waals surface area contributed by atoms with Gasteiger partial charge in [-0.2, -0.15) is 0 Å². The molecule has 1 aromatic heterocycles. The molecule has 0 amide bonds. The van der Waals surface area contributed by atoms with E-state index in [1.807, 2.05) is 6.07 Å². The zero-order valence-electron chi connectivity index (χ0n) is 8.13. The quantitative estimate of drug-likeness (QED) is 0.778. The molecular weight excluding hydrogens is 261 g/mol. The summed E-state index contributed by atoms with van der Waals surface area (Å²) < 4.78 is 18.1. The van der Waals surface area contributed by atoms with Crippen molar-refractivity contribution < 1.29 is 8.91 Å². The highest BCUT2D eigenvalue weighted by atomic mass is 79.9. The highest BCUT2D eigenvalue weighted by Crippen LogP contribution is 2.22. The van der Waals surface area contributed by atoms with Gasteiger partial charge in [0.25, 0.3) is 0 Å². The van der Waals surface area contributed by atoms with Crippen molar-refractivity contribution in [2.24, 2.45) is 0 Å². The fourth-order valence-electron chi connectivity index (χ4n) is 1.32. The topological polar surface area (TPSA) is 26.0 Å². The largest absolute Gasteiger partial charge is 0.360 e. The van der Waals surface area contributed by atoms with Crippen molar-refractivity contribution in [3.8, 4) is 11.3 Å². The first-order valence-electron chi connectivity index (χ1n) is 4.49. The zero-order chi connectivity index (χ0) is 10.8. The molecule has 0 radical (unpaired) electrons. The van der Waals surface area contributed by atoms with Crippen LogP contribution in [0.25, 0.3) is 11.3 Å². The van der Waals surface area contributed by atoms with Gasteiger partial charge in [-0.05, 0) is 30.7 Å². The molecule has 0 aliphatic heterocycles. The molecule has 2 nitrogen and oxygen atoms in total. The first-order valence-corrected chi connectivity index (χ1v) is 5.61. The van der Waals surface area contributed by atoms with Gasteiger partial charge in [0.1, 0.15) is 17.3 Å². The average Bonchev–Trinajstić information content (AvgIpc) is 2.70. The van der Waals surface area contributed by atoms with E-state index in [1.54, 1.807) is 19.1 Å². The Bertz CT molecular complexity index is 481. The Hall–Kier alpha value is -1.16. The van der Waals surface area contributed by atoms with Gasteiger partial charge in [-0.25, -0.2) is 4.39 Å². The van der Waals surface area contributed by atoms with Gasteiger partial charge in [0.2, 0.25) is 0 Å². The molecule has 0 fully saturated rings. The molecule has 2 rings (SSSR count). The fourth-order valence-corrected chi connectivity index (χ4v) is 1.58. The summed E-state index contributed by atoms with van der Waals surface area (Å²) in [6, 6.07) is 6.72. The van der Waals surface area contributed by atoms with Crippen molar-refractivity contribution in [3.63, 3.8) is 0 Å². The Labute approximate surface area is 95.2 Å². The standard InChI is InChI=1S/C11H9BrFNO/c1-7-4-8(2-3-10(7)13)11-5-9(6-12)15-14-11/h2-5H,6H2,1H3. The van der Waals surface area contributed by atoms with Crippen molar-refractivity contribution in [3.05, 3.63) is 41.4 Å². The van der Waals surface area contributed by atoms with Gasteiger partial charge >= 0.3 is 0 Å². The summed E-state index contributed by atoms with van der Waals surface area (Å²) in [5.74, 6) is 0.551. The predicted molar refractivity (Wildman–Crippen MR) is 59.3 cm³/mol. The van der Waals surface area contributed by atoms with Gasteiger partial charge < -0.3 is 4.52 Å². The normalized spacial score (nSPS) is 10.6. The van der Waals surface area contributed by atoms with E-state index >= 15 is 0 Å². The molecule has 0 bridgehead atoms. The number of alkyl halides is 1. The highest BCUT2D eigenvalue weighted by molar-refractivity contribution is 9.08. The Morgan fingerprint density at radius 1 is 1.40 bits per heavy atom. The van der Waals surface area contributed by atoms with E-state index in [4.69, 9.17) is 4.52 Å². The minimum absolute atomic E-state index is 0.206. The van der Waals surface area contributed by atoms with Gasteiger partial charge in [0.05, 0.1) is 5.33 Å². The van der Waals surface area contributed by atoms with Crippen LogP contribution in [0.3, 0.4) is 0 Å². The second kappa shape index (κ2) is 4.14. The lowest BCUT2D eigenvalue weighted by Crippen LogP contribution is -1.83. The summed E-state index contributed by atoms with van der Waals surface area (Å²) >= 11 is 3.28. The van der Waals surface area contributed by atoms with E-state index in [9.17, 15) is 4.39 Å². The number of aromatic nitrogens is 1. The smallest absolute Gasteiger partial charge is 0.147 e. The van der Waals surface area contributed by atoms with Crippen LogP contribution in [0.4, 0.5) is 4.39 Å². The molecule has 0 aliphatic rings. The number of hydrogen-bond donors (Lipinski definition) is 0. The molecule has 0 atom stereocenters. The van der Waals surface area contributed by atoms with Crippen LogP contribution >= 0.6 is 15.9 Å². The first kappa shape index (κ1) is 10.4. The molecule has 1 heterocycles. The average molecular weight is 270 g/mol. The maximum Gasteiger partial charge on any atom is 0.147 e. The summed E-state index contributed by atoms with van der Waals surface area (Å²) in [4.78, 5) is 0. The molecule has 0 aliphatic carbocycles. The number of nitrogens with zero attached hydrogens (tertiary/aromatic N) is 1. The van der Waals surface area contributed by atoms with E-state index in [0.29, 0.717) is 10.9 Å². The number of halogens is 2. The monoisotopic (exact) mass is 269 g/mol. The van der Waals surface area contributed by atoms with E-state index in [-0.39, 0.29) is 5.82 Å². The van der Waals surface area contributed by atoms with Crippen LogP contribution in [0, 0.1) is 12.7 Å². The SMILES string of the molecule is Cc1cc(-c2cc(CBr)on2)ccc1F. The van der Waals surface area contributed by atoms with Crippen LogP contribution in [-0.4, -0.2) is 5.16 Å². The lowest BCUT2D eigenvalue weighted by molar-refractivity contribution is 0.398. The Morgan fingerprint density at radius 3 is 2.80 bits per heavy atom. The summed E-state index contributed by atoms with van der Waals surface area (Å²) in [5, 5.41) is 4.53. The lowest BCUT2D eigenvalue weighted by Gasteiger charge is -1.98. The van der Waals surface area contributed by atoms with Gasteiger partial charge in [-0.1, -0.05) is 21.1 Å². The third-order valence-corrected chi connectivity index (χ3v) is 2.70. The van der Waals surface area contributed by atoms with Crippen molar-refractivity contribution >= 4 is 15.9 Å². The van der Waals surface area contributed by atoms with Crippen molar-refractivity contribution in [2.45, 2.75) is 12.3 Å². The second-order valence-electron chi connectivity index (χ2n) is 3.28. The number of benzene rings is 1. The number of aryl methyl sites for hydroxylation is 1. The first-order chi connectivity index (χ1) is 7.20. The van der Waals surface area contributed by atoms with E-state index in [1.165, 1.54) is 6.07 Å². The predicted octanol–water partition coefficient (Wildman–Crippen LogP) is 3.68. The molecule has 0 spiro atoms. The van der Waals surface area contributed by atoms with Gasteiger partial charge in [-0.3, -0.25) is 0 Å². The minimum Gasteiger partial charge on any atom is -0.360 e.